The Morgan fingerprint density at radius 3 is 2.80 bits per heavy atom. The summed E-state index contributed by atoms with van der Waals surface area (Å²) < 4.78 is 0. The van der Waals surface area contributed by atoms with E-state index in [1.54, 1.807) is 0 Å². The van der Waals surface area contributed by atoms with E-state index >= 15 is 0 Å². The molecule has 2 heterocycles. The van der Waals surface area contributed by atoms with Crippen molar-refractivity contribution < 1.29 is 0 Å². The van der Waals surface area contributed by atoms with Crippen molar-refractivity contribution in [2.45, 2.75) is 83.3 Å². The van der Waals surface area contributed by atoms with Crippen LogP contribution in [0.1, 0.15) is 65.2 Å². The van der Waals surface area contributed by atoms with Crippen LogP contribution in [0.2, 0.25) is 0 Å². The fourth-order valence-corrected chi connectivity index (χ4v) is 3.76. The molecule has 0 spiro atoms. The zero-order valence-electron chi connectivity index (χ0n) is 13.7. The molecular formula is C17H35N3. The second-order valence-corrected chi connectivity index (χ2v) is 6.97. The Labute approximate surface area is 125 Å². The Balaban J connectivity index is 1.51. The highest BCUT2D eigenvalue weighted by Gasteiger charge is 2.18. The van der Waals surface area contributed by atoms with Crippen molar-refractivity contribution in [3.05, 3.63) is 0 Å². The Bertz CT molecular complexity index is 251. The quantitative estimate of drug-likeness (QED) is 0.703. The zero-order chi connectivity index (χ0) is 14.2. The van der Waals surface area contributed by atoms with Gasteiger partial charge in [-0.25, -0.2) is 0 Å². The predicted molar refractivity (Wildman–Crippen MR) is 87.2 cm³/mol. The van der Waals surface area contributed by atoms with Crippen molar-refractivity contribution in [2.24, 2.45) is 0 Å². The molecule has 2 N–H and O–H groups in total. The summed E-state index contributed by atoms with van der Waals surface area (Å²) in [6.45, 7) is 9.75. The van der Waals surface area contributed by atoms with E-state index in [-0.39, 0.29) is 0 Å². The average Bonchev–Trinajstić information content (AvgIpc) is 2.46. The van der Waals surface area contributed by atoms with Crippen LogP contribution >= 0.6 is 0 Å². The van der Waals surface area contributed by atoms with Gasteiger partial charge in [0, 0.05) is 18.1 Å². The number of nitrogens with zero attached hydrogens (tertiary/aromatic N) is 1. The second-order valence-electron chi connectivity index (χ2n) is 6.97. The lowest BCUT2D eigenvalue weighted by Crippen LogP contribution is -2.41. The molecule has 2 aliphatic heterocycles. The van der Waals surface area contributed by atoms with Crippen LogP contribution in [0.4, 0.5) is 0 Å². The average molecular weight is 281 g/mol. The van der Waals surface area contributed by atoms with Crippen LogP contribution in [0.3, 0.4) is 0 Å². The van der Waals surface area contributed by atoms with Gasteiger partial charge in [-0.05, 0) is 78.6 Å². The molecule has 3 atom stereocenters. The van der Waals surface area contributed by atoms with E-state index in [2.05, 4.69) is 29.4 Å². The zero-order valence-corrected chi connectivity index (χ0v) is 13.7. The smallest absolute Gasteiger partial charge is 0.00817 e. The van der Waals surface area contributed by atoms with Crippen LogP contribution < -0.4 is 10.6 Å². The molecule has 0 aromatic carbocycles. The third-order valence-electron chi connectivity index (χ3n) is 5.11. The summed E-state index contributed by atoms with van der Waals surface area (Å²) in [5.74, 6) is 0. The third kappa shape index (κ3) is 5.71. The molecule has 0 bridgehead atoms. The standard InChI is InChI=1S/C17H35N3/c1-15(14-17-9-3-5-10-19-17)18-11-7-13-20-12-6-4-8-16(20)2/h15-19H,3-14H2,1-2H3. The maximum Gasteiger partial charge on any atom is 0.00817 e. The fraction of sp³-hybridized carbons (Fsp3) is 1.00. The monoisotopic (exact) mass is 281 g/mol. The summed E-state index contributed by atoms with van der Waals surface area (Å²) >= 11 is 0. The van der Waals surface area contributed by atoms with E-state index in [0.29, 0.717) is 6.04 Å². The molecule has 2 saturated heterocycles. The minimum atomic E-state index is 0.657. The molecule has 3 heteroatoms. The first kappa shape index (κ1) is 16.3. The van der Waals surface area contributed by atoms with Crippen molar-refractivity contribution in [1.29, 1.82) is 0 Å². The lowest BCUT2D eigenvalue weighted by Gasteiger charge is -2.33. The van der Waals surface area contributed by atoms with Crippen molar-refractivity contribution in [2.75, 3.05) is 26.2 Å². The SMILES string of the molecule is CC(CC1CCCCN1)NCCCN1CCCCC1C. The normalized spacial score (nSPS) is 30.3. The van der Waals surface area contributed by atoms with Gasteiger partial charge in [0.1, 0.15) is 0 Å². The molecule has 3 unspecified atom stereocenters. The van der Waals surface area contributed by atoms with Gasteiger partial charge in [0.2, 0.25) is 0 Å². The summed E-state index contributed by atoms with van der Waals surface area (Å²) in [7, 11) is 0. The molecule has 0 aromatic rings. The van der Waals surface area contributed by atoms with Crippen LogP contribution in [0.15, 0.2) is 0 Å². The van der Waals surface area contributed by atoms with Gasteiger partial charge >= 0.3 is 0 Å². The summed E-state index contributed by atoms with van der Waals surface area (Å²) in [5.41, 5.74) is 0. The molecule has 0 aliphatic carbocycles. The van der Waals surface area contributed by atoms with E-state index in [1.807, 2.05) is 0 Å². The molecule has 3 nitrogen and oxygen atoms in total. The fourth-order valence-electron chi connectivity index (χ4n) is 3.76. The second kappa shape index (κ2) is 9.01. The van der Waals surface area contributed by atoms with Crippen molar-refractivity contribution in [3.63, 3.8) is 0 Å². The van der Waals surface area contributed by atoms with Crippen molar-refractivity contribution >= 4 is 0 Å². The number of hydrogen-bond acceptors (Lipinski definition) is 3. The molecule has 0 radical (unpaired) electrons. The summed E-state index contributed by atoms with van der Waals surface area (Å²) in [6, 6.07) is 2.23. The highest BCUT2D eigenvalue weighted by molar-refractivity contribution is 4.77. The van der Waals surface area contributed by atoms with E-state index in [1.165, 1.54) is 77.5 Å². The van der Waals surface area contributed by atoms with Gasteiger partial charge in [-0.1, -0.05) is 12.8 Å². The lowest BCUT2D eigenvalue weighted by atomic mass is 9.99. The van der Waals surface area contributed by atoms with Crippen LogP contribution in [-0.4, -0.2) is 49.2 Å². The maximum atomic E-state index is 3.72. The van der Waals surface area contributed by atoms with Crippen LogP contribution in [0.5, 0.6) is 0 Å². The Kier molecular flexibility index (Phi) is 7.32. The number of hydrogen-bond donors (Lipinski definition) is 2. The molecule has 2 aliphatic rings. The summed E-state index contributed by atoms with van der Waals surface area (Å²) in [5, 5.41) is 7.37. The highest BCUT2D eigenvalue weighted by Crippen LogP contribution is 2.16. The molecular weight excluding hydrogens is 246 g/mol. The van der Waals surface area contributed by atoms with Crippen molar-refractivity contribution in [3.8, 4) is 0 Å². The van der Waals surface area contributed by atoms with Gasteiger partial charge in [0.25, 0.3) is 0 Å². The van der Waals surface area contributed by atoms with Gasteiger partial charge in [-0.15, -0.1) is 0 Å². The Morgan fingerprint density at radius 1 is 1.20 bits per heavy atom. The first-order valence-electron chi connectivity index (χ1n) is 8.96. The van der Waals surface area contributed by atoms with E-state index in [9.17, 15) is 0 Å². The van der Waals surface area contributed by atoms with Gasteiger partial charge in [-0.2, -0.15) is 0 Å². The summed E-state index contributed by atoms with van der Waals surface area (Å²) in [4.78, 5) is 2.68. The number of likely N-dealkylation sites (tertiary alicyclic amines) is 1. The largest absolute Gasteiger partial charge is 0.314 e. The molecule has 20 heavy (non-hydrogen) atoms. The number of nitrogens with one attached hydrogen (secondary N) is 2. The number of piperidine rings is 2. The van der Waals surface area contributed by atoms with E-state index < -0.39 is 0 Å². The topological polar surface area (TPSA) is 27.3 Å². The Morgan fingerprint density at radius 2 is 2.05 bits per heavy atom. The number of rotatable bonds is 7. The summed E-state index contributed by atoms with van der Waals surface area (Å²) in [6.07, 6.45) is 11.0. The Hall–Kier alpha value is -0.120. The van der Waals surface area contributed by atoms with Crippen LogP contribution in [-0.2, 0) is 0 Å². The minimum Gasteiger partial charge on any atom is -0.314 e. The first-order valence-corrected chi connectivity index (χ1v) is 8.96. The highest BCUT2D eigenvalue weighted by atomic mass is 15.2. The van der Waals surface area contributed by atoms with Crippen LogP contribution in [0, 0.1) is 0 Å². The van der Waals surface area contributed by atoms with Gasteiger partial charge in [0.15, 0.2) is 0 Å². The predicted octanol–water partition coefficient (Wildman–Crippen LogP) is 2.76. The maximum absolute atomic E-state index is 3.72. The van der Waals surface area contributed by atoms with Gasteiger partial charge in [0.05, 0.1) is 0 Å². The minimum absolute atomic E-state index is 0.657. The molecule has 0 aromatic heterocycles. The van der Waals surface area contributed by atoms with E-state index in [0.717, 1.165) is 12.1 Å². The van der Waals surface area contributed by atoms with Crippen LogP contribution in [0.25, 0.3) is 0 Å². The molecule has 0 amide bonds. The third-order valence-corrected chi connectivity index (χ3v) is 5.11. The first-order chi connectivity index (χ1) is 9.75. The van der Waals surface area contributed by atoms with Crippen molar-refractivity contribution in [1.82, 2.24) is 15.5 Å². The molecule has 2 rings (SSSR count). The lowest BCUT2D eigenvalue weighted by molar-refractivity contribution is 0.158. The molecule has 0 saturated carbocycles. The van der Waals surface area contributed by atoms with Gasteiger partial charge < -0.3 is 15.5 Å². The molecule has 2 fully saturated rings. The van der Waals surface area contributed by atoms with E-state index in [4.69, 9.17) is 0 Å². The van der Waals surface area contributed by atoms with Gasteiger partial charge in [-0.3, -0.25) is 0 Å². The molecule has 118 valence electrons.